The Balaban J connectivity index is 3.46. The molecule has 0 aliphatic heterocycles. The molecule has 0 aromatic carbocycles. The zero-order chi connectivity index (χ0) is 8.20. The molecule has 0 atom stereocenters. The summed E-state index contributed by atoms with van der Waals surface area (Å²) in [6.45, 7) is 4.26. The van der Waals surface area contributed by atoms with Gasteiger partial charge < -0.3 is 0 Å². The van der Waals surface area contributed by atoms with Gasteiger partial charge in [0.25, 0.3) is 0 Å². The van der Waals surface area contributed by atoms with Gasteiger partial charge in [0.15, 0.2) is 0 Å². The van der Waals surface area contributed by atoms with E-state index in [1.807, 2.05) is 13.8 Å². The molecule has 0 saturated carbocycles. The molecule has 0 aliphatic rings. The minimum atomic E-state index is -3.49. The van der Waals surface area contributed by atoms with Crippen LogP contribution in [0.25, 0.3) is 0 Å². The summed E-state index contributed by atoms with van der Waals surface area (Å²) >= 11 is 0. The molecule has 10 heavy (non-hydrogen) atoms. The summed E-state index contributed by atoms with van der Waals surface area (Å²) in [7, 11) is -2.03. The van der Waals surface area contributed by atoms with E-state index in [2.05, 4.69) is 5.09 Å². The van der Waals surface area contributed by atoms with Crippen LogP contribution in [-0.4, -0.2) is 23.4 Å². The molecule has 5 heteroatoms. The molecular weight excluding hydrogens is 153 g/mol. The monoisotopic (exact) mass is 169 g/mol. The fourth-order valence-corrected chi connectivity index (χ4v) is 1.07. The Kier molecular flexibility index (Phi) is 4.32. The maximum atomic E-state index is 8.93. The van der Waals surface area contributed by atoms with E-state index in [0.717, 1.165) is 0 Å². The van der Waals surface area contributed by atoms with Gasteiger partial charge >= 0.3 is 60.9 Å². The number of nitrogens with one attached hydrogen (secondary N) is 1. The molecule has 0 rings (SSSR count). The van der Waals surface area contributed by atoms with Crippen molar-refractivity contribution in [2.45, 2.75) is 13.8 Å². The van der Waals surface area contributed by atoms with Crippen molar-refractivity contribution < 1.29 is 14.3 Å². The van der Waals surface area contributed by atoms with Crippen LogP contribution in [0.3, 0.4) is 0 Å². The van der Waals surface area contributed by atoms with Crippen molar-refractivity contribution in [1.29, 1.82) is 0 Å². The summed E-state index contributed by atoms with van der Waals surface area (Å²) in [6.07, 6.45) is 0. The normalized spacial score (nSPS) is 14.2. The van der Waals surface area contributed by atoms with Gasteiger partial charge in [-0.3, -0.25) is 0 Å². The zero-order valence-electron chi connectivity index (χ0n) is 6.59. The Morgan fingerprint density at radius 1 is 1.50 bits per heavy atom. The van der Waals surface area contributed by atoms with E-state index < -0.39 is 8.09 Å². The second-order valence-electron chi connectivity index (χ2n) is 2.56. The van der Waals surface area contributed by atoms with Crippen LogP contribution in [0.5, 0.6) is 0 Å². The van der Waals surface area contributed by atoms with E-state index in [9.17, 15) is 0 Å². The van der Waals surface area contributed by atoms with Crippen LogP contribution in [0.2, 0.25) is 0 Å². The number of hydrogen-bond donors (Lipinski definition) is 3. The van der Waals surface area contributed by atoms with Gasteiger partial charge in [0, 0.05) is 0 Å². The maximum absolute atomic E-state index is 8.93. The third-order valence-corrected chi connectivity index (χ3v) is 2.16. The SMILES string of the molecule is CN[PH](O)(O)OCC(C)C. The van der Waals surface area contributed by atoms with E-state index in [0.29, 0.717) is 12.5 Å². The van der Waals surface area contributed by atoms with Crippen molar-refractivity contribution in [1.82, 2.24) is 5.09 Å². The van der Waals surface area contributed by atoms with E-state index in [1.165, 1.54) is 7.05 Å². The van der Waals surface area contributed by atoms with Crippen molar-refractivity contribution in [2.75, 3.05) is 13.7 Å². The number of rotatable bonds is 4. The zero-order valence-corrected chi connectivity index (χ0v) is 7.59. The van der Waals surface area contributed by atoms with Crippen molar-refractivity contribution in [3.05, 3.63) is 0 Å². The van der Waals surface area contributed by atoms with E-state index in [4.69, 9.17) is 14.3 Å². The van der Waals surface area contributed by atoms with Crippen LogP contribution >= 0.6 is 8.09 Å². The van der Waals surface area contributed by atoms with Gasteiger partial charge in [-0.15, -0.1) is 0 Å². The fraction of sp³-hybridized carbons (Fsp3) is 1.00. The van der Waals surface area contributed by atoms with Gasteiger partial charge in [0.2, 0.25) is 0 Å². The Morgan fingerprint density at radius 2 is 2.00 bits per heavy atom. The first-order valence-corrected chi connectivity index (χ1v) is 5.06. The summed E-state index contributed by atoms with van der Waals surface area (Å²) in [5.74, 6) is 0.319. The molecule has 0 spiro atoms. The molecule has 3 N–H and O–H groups in total. The van der Waals surface area contributed by atoms with E-state index in [1.54, 1.807) is 0 Å². The molecule has 0 aromatic heterocycles. The van der Waals surface area contributed by atoms with Crippen LogP contribution < -0.4 is 5.09 Å². The van der Waals surface area contributed by atoms with Gasteiger partial charge in [0.05, 0.1) is 0 Å². The van der Waals surface area contributed by atoms with Gasteiger partial charge in [-0.1, -0.05) is 0 Å². The molecule has 0 unspecified atom stereocenters. The van der Waals surface area contributed by atoms with Crippen molar-refractivity contribution in [3.8, 4) is 0 Å². The van der Waals surface area contributed by atoms with Crippen molar-refractivity contribution >= 4 is 8.09 Å². The predicted molar refractivity (Wildman–Crippen MR) is 42.6 cm³/mol. The molecule has 0 saturated heterocycles. The fourth-order valence-electron chi connectivity index (χ4n) is 0.355. The van der Waals surface area contributed by atoms with Gasteiger partial charge in [0.1, 0.15) is 0 Å². The van der Waals surface area contributed by atoms with Crippen LogP contribution in [-0.2, 0) is 4.52 Å². The summed E-state index contributed by atoms with van der Waals surface area (Å²) in [6, 6.07) is 0. The Labute approximate surface area is 61.9 Å². The molecule has 64 valence electrons. The number of hydrogen-bond acceptors (Lipinski definition) is 4. The molecule has 0 bridgehead atoms. The molecule has 0 heterocycles. The molecule has 0 aromatic rings. The summed E-state index contributed by atoms with van der Waals surface area (Å²) in [4.78, 5) is 17.9. The first kappa shape index (κ1) is 10.3. The molecular formula is C5H16NO3P. The molecule has 0 radical (unpaired) electrons. The van der Waals surface area contributed by atoms with E-state index in [-0.39, 0.29) is 0 Å². The van der Waals surface area contributed by atoms with E-state index >= 15 is 0 Å². The first-order valence-electron chi connectivity index (χ1n) is 3.25. The molecule has 0 fully saturated rings. The van der Waals surface area contributed by atoms with Crippen LogP contribution in [0.4, 0.5) is 0 Å². The summed E-state index contributed by atoms with van der Waals surface area (Å²) < 4.78 is 4.78. The standard InChI is InChI=1S/C5H16NO3P/c1-5(2)4-9-10(7,8)6-3/h5-8,10H,4H2,1-3H3. The second-order valence-corrected chi connectivity index (χ2v) is 4.57. The first-order chi connectivity index (χ1) is 4.48. The van der Waals surface area contributed by atoms with Gasteiger partial charge in [-0.2, -0.15) is 0 Å². The van der Waals surface area contributed by atoms with Gasteiger partial charge in [-0.25, -0.2) is 0 Å². The van der Waals surface area contributed by atoms with Gasteiger partial charge in [-0.05, 0) is 0 Å². The van der Waals surface area contributed by atoms with Crippen molar-refractivity contribution in [3.63, 3.8) is 0 Å². The Hall–Kier alpha value is 0.270. The van der Waals surface area contributed by atoms with Crippen LogP contribution in [0.15, 0.2) is 0 Å². The predicted octanol–water partition coefficient (Wildman–Crippen LogP) is 0.273. The Morgan fingerprint density at radius 3 is 2.30 bits per heavy atom. The third-order valence-electron chi connectivity index (χ3n) is 0.944. The summed E-state index contributed by atoms with van der Waals surface area (Å²) in [5, 5.41) is 2.32. The molecule has 0 aliphatic carbocycles. The molecule has 0 amide bonds. The average molecular weight is 169 g/mol. The average Bonchev–Trinajstić information content (AvgIpc) is 1.85. The Bertz CT molecular complexity index is 96.9. The minimum absolute atomic E-state index is 0.319. The quantitative estimate of drug-likeness (QED) is 0.529. The third kappa shape index (κ3) is 5.09. The summed E-state index contributed by atoms with van der Waals surface area (Å²) in [5.41, 5.74) is 0. The topological polar surface area (TPSA) is 61.7 Å². The van der Waals surface area contributed by atoms with Crippen LogP contribution in [0.1, 0.15) is 13.8 Å². The van der Waals surface area contributed by atoms with Crippen molar-refractivity contribution in [2.24, 2.45) is 5.92 Å². The molecule has 4 nitrogen and oxygen atoms in total. The second kappa shape index (κ2) is 4.21. The van der Waals surface area contributed by atoms with Crippen LogP contribution in [0, 0.1) is 5.92 Å².